The highest BCUT2D eigenvalue weighted by atomic mass is 35.5. The lowest BCUT2D eigenvalue weighted by Gasteiger charge is -2.16. The largest absolute Gasteiger partial charge is 0.361 e. The van der Waals surface area contributed by atoms with Crippen molar-refractivity contribution in [1.82, 2.24) is 4.98 Å². The number of para-hydroxylation sites is 1. The summed E-state index contributed by atoms with van der Waals surface area (Å²) in [5.74, 6) is 0.116. The highest BCUT2D eigenvalue weighted by molar-refractivity contribution is 6.31. The first-order chi connectivity index (χ1) is 9.31. The maximum atomic E-state index is 6.30. The van der Waals surface area contributed by atoms with Crippen LogP contribution in [-0.2, 0) is 0 Å². The van der Waals surface area contributed by atoms with Gasteiger partial charge in [-0.05, 0) is 23.3 Å². The number of aromatic nitrogens is 1. The lowest BCUT2D eigenvalue weighted by Crippen LogP contribution is -2.13. The van der Waals surface area contributed by atoms with Crippen molar-refractivity contribution in [1.29, 1.82) is 0 Å². The summed E-state index contributed by atoms with van der Waals surface area (Å²) >= 11 is 6.30. The van der Waals surface area contributed by atoms with E-state index in [9.17, 15) is 0 Å². The number of benzene rings is 2. The van der Waals surface area contributed by atoms with Crippen LogP contribution in [0.5, 0.6) is 0 Å². The molecular formula is C16H15ClN2. The standard InChI is InChI=1S/C16H15ClN2/c17-15-7-3-1-5-11(15)13(9-18)14-10-19-16-8-4-2-6-12(14)16/h1-8,10,13,19H,9,18H2/t13-/m1/s1. The van der Waals surface area contributed by atoms with Crippen LogP contribution in [0.2, 0.25) is 5.02 Å². The second-order valence-corrected chi connectivity index (χ2v) is 5.01. The van der Waals surface area contributed by atoms with E-state index >= 15 is 0 Å². The summed E-state index contributed by atoms with van der Waals surface area (Å²) in [6.45, 7) is 0.533. The zero-order valence-corrected chi connectivity index (χ0v) is 11.2. The van der Waals surface area contributed by atoms with Gasteiger partial charge in [0.1, 0.15) is 0 Å². The van der Waals surface area contributed by atoms with Crippen molar-refractivity contribution >= 4 is 22.5 Å². The van der Waals surface area contributed by atoms with E-state index in [4.69, 9.17) is 17.3 Å². The van der Waals surface area contributed by atoms with Crippen LogP contribution < -0.4 is 5.73 Å². The lowest BCUT2D eigenvalue weighted by atomic mass is 9.91. The molecule has 3 N–H and O–H groups in total. The van der Waals surface area contributed by atoms with Crippen molar-refractivity contribution in [3.8, 4) is 0 Å². The number of fused-ring (bicyclic) bond motifs is 1. The molecule has 0 amide bonds. The van der Waals surface area contributed by atoms with Gasteiger partial charge < -0.3 is 10.7 Å². The second-order valence-electron chi connectivity index (χ2n) is 4.60. The summed E-state index contributed by atoms with van der Waals surface area (Å²) in [6, 6.07) is 16.1. The molecule has 0 spiro atoms. The molecule has 0 saturated heterocycles. The Bertz CT molecular complexity index is 703. The van der Waals surface area contributed by atoms with Crippen LogP contribution in [0.15, 0.2) is 54.7 Å². The van der Waals surface area contributed by atoms with Crippen LogP contribution in [0.4, 0.5) is 0 Å². The van der Waals surface area contributed by atoms with Crippen molar-refractivity contribution in [2.45, 2.75) is 5.92 Å². The van der Waals surface area contributed by atoms with Crippen LogP contribution in [-0.4, -0.2) is 11.5 Å². The molecule has 0 radical (unpaired) electrons. The Morgan fingerprint density at radius 3 is 2.53 bits per heavy atom. The lowest BCUT2D eigenvalue weighted by molar-refractivity contribution is 0.826. The minimum absolute atomic E-state index is 0.116. The molecule has 0 bridgehead atoms. The first-order valence-corrected chi connectivity index (χ1v) is 6.69. The highest BCUT2D eigenvalue weighted by Crippen LogP contribution is 2.33. The van der Waals surface area contributed by atoms with Crippen LogP contribution in [0.1, 0.15) is 17.0 Å². The molecular weight excluding hydrogens is 256 g/mol. The average molecular weight is 271 g/mol. The fourth-order valence-corrected chi connectivity index (χ4v) is 2.83. The molecule has 0 aliphatic rings. The number of halogens is 1. The molecule has 0 aliphatic heterocycles. The average Bonchev–Trinajstić information content (AvgIpc) is 2.86. The predicted octanol–water partition coefficient (Wildman–Crippen LogP) is 3.91. The first-order valence-electron chi connectivity index (χ1n) is 6.31. The van der Waals surface area contributed by atoms with E-state index < -0.39 is 0 Å². The minimum Gasteiger partial charge on any atom is -0.361 e. The number of nitrogens with one attached hydrogen (secondary N) is 1. The summed E-state index contributed by atoms with van der Waals surface area (Å²) in [5, 5.41) is 1.97. The molecule has 2 aromatic carbocycles. The monoisotopic (exact) mass is 270 g/mol. The van der Waals surface area contributed by atoms with Gasteiger partial charge in [-0.2, -0.15) is 0 Å². The van der Waals surface area contributed by atoms with Gasteiger partial charge in [-0.25, -0.2) is 0 Å². The van der Waals surface area contributed by atoms with Gasteiger partial charge in [-0.3, -0.25) is 0 Å². The maximum Gasteiger partial charge on any atom is 0.0457 e. The van der Waals surface area contributed by atoms with E-state index in [1.54, 1.807) is 0 Å². The van der Waals surface area contributed by atoms with E-state index in [0.29, 0.717) is 6.54 Å². The van der Waals surface area contributed by atoms with E-state index in [2.05, 4.69) is 17.1 Å². The van der Waals surface area contributed by atoms with Gasteiger partial charge >= 0.3 is 0 Å². The third-order valence-corrected chi connectivity index (χ3v) is 3.86. The molecule has 2 nitrogen and oxygen atoms in total. The number of H-pyrrole nitrogens is 1. The predicted molar refractivity (Wildman–Crippen MR) is 80.6 cm³/mol. The van der Waals surface area contributed by atoms with E-state index in [1.807, 2.05) is 42.6 Å². The molecule has 1 heterocycles. The number of hydrogen-bond acceptors (Lipinski definition) is 1. The maximum absolute atomic E-state index is 6.30. The van der Waals surface area contributed by atoms with Crippen molar-refractivity contribution in [3.63, 3.8) is 0 Å². The van der Waals surface area contributed by atoms with E-state index in [1.165, 1.54) is 10.9 Å². The minimum atomic E-state index is 0.116. The van der Waals surface area contributed by atoms with Crippen molar-refractivity contribution in [3.05, 3.63) is 70.9 Å². The smallest absolute Gasteiger partial charge is 0.0457 e. The Hall–Kier alpha value is -1.77. The Morgan fingerprint density at radius 2 is 1.74 bits per heavy atom. The van der Waals surface area contributed by atoms with Gasteiger partial charge in [0.15, 0.2) is 0 Å². The number of nitrogens with two attached hydrogens (primary N) is 1. The van der Waals surface area contributed by atoms with Gasteiger partial charge in [-0.15, -0.1) is 0 Å². The van der Waals surface area contributed by atoms with Gasteiger partial charge in [0.25, 0.3) is 0 Å². The van der Waals surface area contributed by atoms with Crippen LogP contribution in [0.3, 0.4) is 0 Å². The Balaban J connectivity index is 2.15. The third-order valence-electron chi connectivity index (χ3n) is 3.51. The van der Waals surface area contributed by atoms with Crippen molar-refractivity contribution < 1.29 is 0 Å². The van der Waals surface area contributed by atoms with Crippen LogP contribution in [0, 0.1) is 0 Å². The van der Waals surface area contributed by atoms with Gasteiger partial charge in [0.05, 0.1) is 0 Å². The molecule has 3 heteroatoms. The topological polar surface area (TPSA) is 41.8 Å². The molecule has 3 aromatic rings. The summed E-state index contributed by atoms with van der Waals surface area (Å²) in [7, 11) is 0. The van der Waals surface area contributed by atoms with Gasteiger partial charge in [0.2, 0.25) is 0 Å². The number of aromatic amines is 1. The second kappa shape index (κ2) is 5.08. The van der Waals surface area contributed by atoms with Crippen molar-refractivity contribution in [2.24, 2.45) is 5.73 Å². The van der Waals surface area contributed by atoms with Crippen LogP contribution >= 0.6 is 11.6 Å². The third kappa shape index (κ3) is 2.14. The van der Waals surface area contributed by atoms with Gasteiger partial charge in [0, 0.05) is 34.6 Å². The van der Waals surface area contributed by atoms with Crippen LogP contribution in [0.25, 0.3) is 10.9 Å². The SMILES string of the molecule is NC[C@H](c1ccccc1Cl)c1c[nH]c2ccccc12. The zero-order valence-electron chi connectivity index (χ0n) is 10.4. The van der Waals surface area contributed by atoms with Crippen molar-refractivity contribution in [2.75, 3.05) is 6.54 Å². The molecule has 1 atom stereocenters. The molecule has 0 unspecified atom stereocenters. The zero-order chi connectivity index (χ0) is 13.2. The van der Waals surface area contributed by atoms with E-state index in [0.717, 1.165) is 16.1 Å². The number of rotatable bonds is 3. The molecule has 19 heavy (non-hydrogen) atoms. The Kier molecular flexibility index (Phi) is 3.28. The molecule has 96 valence electrons. The Labute approximate surface area is 117 Å². The summed E-state index contributed by atoms with van der Waals surface area (Å²) < 4.78 is 0. The summed E-state index contributed by atoms with van der Waals surface area (Å²) in [4.78, 5) is 3.29. The molecule has 0 fully saturated rings. The summed E-state index contributed by atoms with van der Waals surface area (Å²) in [5.41, 5.74) is 9.39. The first kappa shape index (κ1) is 12.3. The highest BCUT2D eigenvalue weighted by Gasteiger charge is 2.18. The van der Waals surface area contributed by atoms with Gasteiger partial charge in [-0.1, -0.05) is 48.0 Å². The molecule has 1 aromatic heterocycles. The fraction of sp³-hybridized carbons (Fsp3) is 0.125. The normalized spacial score (nSPS) is 12.7. The Morgan fingerprint density at radius 1 is 1.00 bits per heavy atom. The number of hydrogen-bond donors (Lipinski definition) is 2. The summed E-state index contributed by atoms with van der Waals surface area (Å²) in [6.07, 6.45) is 2.03. The quantitative estimate of drug-likeness (QED) is 0.744. The molecule has 0 saturated carbocycles. The molecule has 0 aliphatic carbocycles. The molecule has 3 rings (SSSR count). The van der Waals surface area contributed by atoms with E-state index in [-0.39, 0.29) is 5.92 Å². The fourth-order valence-electron chi connectivity index (χ4n) is 2.56.